The lowest BCUT2D eigenvalue weighted by Crippen LogP contribution is -2.17. The predicted octanol–water partition coefficient (Wildman–Crippen LogP) is 3.92. The predicted molar refractivity (Wildman–Crippen MR) is 77.7 cm³/mol. The summed E-state index contributed by atoms with van der Waals surface area (Å²) in [5.74, 6) is 1.28. The molecule has 1 unspecified atom stereocenters. The maximum atomic E-state index is 6.10. The highest BCUT2D eigenvalue weighted by Crippen LogP contribution is 2.30. The van der Waals surface area contributed by atoms with Gasteiger partial charge < -0.3 is 10.3 Å². The van der Waals surface area contributed by atoms with E-state index >= 15 is 0 Å². The minimum atomic E-state index is 0.396. The molecule has 3 heteroatoms. The van der Waals surface area contributed by atoms with Crippen molar-refractivity contribution in [3.05, 3.63) is 23.8 Å². The van der Waals surface area contributed by atoms with Gasteiger partial charge in [-0.15, -0.1) is 0 Å². The van der Waals surface area contributed by atoms with Crippen LogP contribution >= 0.6 is 0 Å². The second-order valence-corrected chi connectivity index (χ2v) is 5.15. The fraction of sp³-hybridized carbons (Fsp3) is 0.533. The van der Waals surface area contributed by atoms with Gasteiger partial charge in [0.05, 0.1) is 11.0 Å². The molecule has 0 aliphatic heterocycles. The molecule has 2 N–H and O–H groups in total. The summed E-state index contributed by atoms with van der Waals surface area (Å²) in [4.78, 5) is 4.49. The summed E-state index contributed by atoms with van der Waals surface area (Å²) in [5.41, 5.74) is 9.48. The highest BCUT2D eigenvalue weighted by Gasteiger charge is 2.20. The average Bonchev–Trinajstić information content (AvgIpc) is 2.65. The molecule has 1 aromatic heterocycles. The molecule has 0 fully saturated rings. The molecule has 0 amide bonds. The molecule has 0 saturated heterocycles. The summed E-state index contributed by atoms with van der Waals surface area (Å²) in [6.07, 6.45) is 2.34. The third-order valence-electron chi connectivity index (χ3n) is 4.01. The Balaban J connectivity index is 2.53. The lowest BCUT2D eigenvalue weighted by molar-refractivity contribution is 0.342. The van der Waals surface area contributed by atoms with Crippen LogP contribution in [0.3, 0.4) is 0 Å². The zero-order valence-corrected chi connectivity index (χ0v) is 11.8. The van der Waals surface area contributed by atoms with Crippen LogP contribution < -0.4 is 5.73 Å². The maximum Gasteiger partial charge on any atom is 0.201 e. The second kappa shape index (κ2) is 5.01. The van der Waals surface area contributed by atoms with Crippen molar-refractivity contribution in [2.45, 2.75) is 46.6 Å². The van der Waals surface area contributed by atoms with Crippen molar-refractivity contribution >= 4 is 17.0 Å². The number of rotatable bonds is 4. The lowest BCUT2D eigenvalue weighted by atomic mass is 9.95. The van der Waals surface area contributed by atoms with Crippen molar-refractivity contribution in [2.24, 2.45) is 5.92 Å². The van der Waals surface area contributed by atoms with Gasteiger partial charge in [-0.3, -0.25) is 0 Å². The van der Waals surface area contributed by atoms with E-state index in [2.05, 4.69) is 55.4 Å². The van der Waals surface area contributed by atoms with Crippen molar-refractivity contribution in [1.29, 1.82) is 0 Å². The Morgan fingerprint density at radius 1 is 1.28 bits per heavy atom. The first-order chi connectivity index (χ1) is 8.58. The number of anilines is 1. The van der Waals surface area contributed by atoms with Gasteiger partial charge in [0.2, 0.25) is 5.95 Å². The lowest BCUT2D eigenvalue weighted by Gasteiger charge is -2.24. The number of hydrogen-bond acceptors (Lipinski definition) is 2. The Morgan fingerprint density at radius 2 is 1.94 bits per heavy atom. The largest absolute Gasteiger partial charge is 0.369 e. The molecule has 0 radical (unpaired) electrons. The Hall–Kier alpha value is -1.51. The molecule has 1 heterocycles. The van der Waals surface area contributed by atoms with Gasteiger partial charge in [-0.2, -0.15) is 0 Å². The number of nitrogens with zero attached hydrogens (tertiary/aromatic N) is 2. The van der Waals surface area contributed by atoms with E-state index in [1.807, 2.05) is 0 Å². The smallest absolute Gasteiger partial charge is 0.201 e. The molecule has 0 saturated carbocycles. The standard InChI is InChI=1S/C15H23N3/c1-5-12(6-2)11(4)18-14-8-7-10(3)9-13(14)17-15(18)16/h7-9,11-12H,5-6H2,1-4H3,(H2,16,17). The van der Waals surface area contributed by atoms with Gasteiger partial charge in [0.25, 0.3) is 0 Å². The van der Waals surface area contributed by atoms with Gasteiger partial charge in [0.1, 0.15) is 0 Å². The van der Waals surface area contributed by atoms with E-state index in [1.54, 1.807) is 0 Å². The SMILES string of the molecule is CCC(CC)C(C)n1c(N)nc2cc(C)ccc21. The topological polar surface area (TPSA) is 43.8 Å². The molecule has 1 aromatic carbocycles. The molecule has 2 rings (SSSR count). The number of fused-ring (bicyclic) bond motifs is 1. The monoisotopic (exact) mass is 245 g/mol. The number of nitrogens with two attached hydrogens (primary N) is 1. The highest BCUT2D eigenvalue weighted by atomic mass is 15.2. The van der Waals surface area contributed by atoms with E-state index in [9.17, 15) is 0 Å². The molecule has 0 spiro atoms. The Bertz CT molecular complexity index is 538. The zero-order chi connectivity index (χ0) is 13.3. The first-order valence-corrected chi connectivity index (χ1v) is 6.82. The third kappa shape index (κ3) is 2.09. The fourth-order valence-corrected chi connectivity index (χ4v) is 2.84. The minimum Gasteiger partial charge on any atom is -0.369 e. The second-order valence-electron chi connectivity index (χ2n) is 5.15. The van der Waals surface area contributed by atoms with Crippen LogP contribution in [0.1, 0.15) is 45.2 Å². The van der Waals surface area contributed by atoms with Gasteiger partial charge in [-0.1, -0.05) is 32.8 Å². The molecule has 2 aromatic rings. The number of imidazole rings is 1. The number of nitrogen functional groups attached to an aromatic ring is 1. The van der Waals surface area contributed by atoms with Crippen LogP contribution in [0.25, 0.3) is 11.0 Å². The average molecular weight is 245 g/mol. The van der Waals surface area contributed by atoms with E-state index in [4.69, 9.17) is 5.73 Å². The number of hydrogen-bond donors (Lipinski definition) is 1. The van der Waals surface area contributed by atoms with E-state index in [-0.39, 0.29) is 0 Å². The van der Waals surface area contributed by atoms with E-state index in [0.717, 1.165) is 11.0 Å². The molecule has 3 nitrogen and oxygen atoms in total. The fourth-order valence-electron chi connectivity index (χ4n) is 2.84. The first kappa shape index (κ1) is 12.9. The summed E-state index contributed by atoms with van der Waals surface area (Å²) in [6, 6.07) is 6.75. The van der Waals surface area contributed by atoms with Crippen molar-refractivity contribution in [2.75, 3.05) is 5.73 Å². The highest BCUT2D eigenvalue weighted by molar-refractivity contribution is 5.79. The van der Waals surface area contributed by atoms with Crippen LogP contribution in [-0.4, -0.2) is 9.55 Å². The first-order valence-electron chi connectivity index (χ1n) is 6.82. The zero-order valence-electron chi connectivity index (χ0n) is 11.8. The van der Waals surface area contributed by atoms with Gasteiger partial charge in [0, 0.05) is 6.04 Å². The third-order valence-corrected chi connectivity index (χ3v) is 4.01. The van der Waals surface area contributed by atoms with Crippen LogP contribution in [-0.2, 0) is 0 Å². The van der Waals surface area contributed by atoms with E-state index < -0.39 is 0 Å². The summed E-state index contributed by atoms with van der Waals surface area (Å²) in [5, 5.41) is 0. The Kier molecular flexibility index (Phi) is 3.60. The van der Waals surface area contributed by atoms with Gasteiger partial charge in [-0.05, 0) is 37.5 Å². The van der Waals surface area contributed by atoms with Crippen molar-refractivity contribution < 1.29 is 0 Å². The van der Waals surface area contributed by atoms with Crippen LogP contribution in [0.5, 0.6) is 0 Å². The van der Waals surface area contributed by atoms with Gasteiger partial charge >= 0.3 is 0 Å². The summed E-state index contributed by atoms with van der Waals surface area (Å²) in [7, 11) is 0. The molecule has 0 aliphatic carbocycles. The van der Waals surface area contributed by atoms with E-state index in [1.165, 1.54) is 18.4 Å². The maximum absolute atomic E-state index is 6.10. The Labute approximate surface area is 109 Å². The summed E-state index contributed by atoms with van der Waals surface area (Å²) >= 11 is 0. The minimum absolute atomic E-state index is 0.396. The molecule has 98 valence electrons. The molecule has 18 heavy (non-hydrogen) atoms. The molecular formula is C15H23N3. The molecule has 1 atom stereocenters. The van der Waals surface area contributed by atoms with Crippen molar-refractivity contribution in [1.82, 2.24) is 9.55 Å². The number of aryl methyl sites for hydroxylation is 1. The normalized spacial score (nSPS) is 13.4. The van der Waals surface area contributed by atoms with Gasteiger partial charge in [0.15, 0.2) is 0 Å². The molecule has 0 aliphatic rings. The van der Waals surface area contributed by atoms with Crippen LogP contribution in [0.2, 0.25) is 0 Å². The van der Waals surface area contributed by atoms with Crippen molar-refractivity contribution in [3.63, 3.8) is 0 Å². The van der Waals surface area contributed by atoms with E-state index in [0.29, 0.717) is 17.9 Å². The number of aromatic nitrogens is 2. The van der Waals surface area contributed by atoms with Crippen molar-refractivity contribution in [3.8, 4) is 0 Å². The quantitative estimate of drug-likeness (QED) is 0.887. The number of benzene rings is 1. The summed E-state index contributed by atoms with van der Waals surface area (Å²) < 4.78 is 2.19. The summed E-state index contributed by atoms with van der Waals surface area (Å²) in [6.45, 7) is 8.81. The van der Waals surface area contributed by atoms with Crippen LogP contribution in [0, 0.1) is 12.8 Å². The van der Waals surface area contributed by atoms with Crippen LogP contribution in [0.4, 0.5) is 5.95 Å². The Morgan fingerprint density at radius 3 is 2.56 bits per heavy atom. The molecular weight excluding hydrogens is 222 g/mol. The van der Waals surface area contributed by atoms with Gasteiger partial charge in [-0.25, -0.2) is 4.98 Å². The van der Waals surface area contributed by atoms with Crippen LogP contribution in [0.15, 0.2) is 18.2 Å². The molecule has 0 bridgehead atoms.